The summed E-state index contributed by atoms with van der Waals surface area (Å²) in [5, 5.41) is 3.53. The zero-order chi connectivity index (χ0) is 12.3. The van der Waals surface area contributed by atoms with Crippen molar-refractivity contribution in [3.05, 3.63) is 35.4 Å². The summed E-state index contributed by atoms with van der Waals surface area (Å²) in [7, 11) is 2.11. The van der Waals surface area contributed by atoms with E-state index >= 15 is 0 Å². The third-order valence-corrected chi connectivity index (χ3v) is 4.25. The summed E-state index contributed by atoms with van der Waals surface area (Å²) in [6.45, 7) is 4.54. The van der Waals surface area contributed by atoms with Gasteiger partial charge < -0.3 is 5.32 Å². The lowest BCUT2D eigenvalue weighted by Gasteiger charge is -2.23. The summed E-state index contributed by atoms with van der Waals surface area (Å²) in [4.78, 5) is 0. The molecule has 0 saturated heterocycles. The number of likely N-dealkylation sites (N-methyl/N-ethyl adjacent to an activating group) is 1. The molecule has 0 amide bonds. The summed E-state index contributed by atoms with van der Waals surface area (Å²) < 4.78 is 0. The van der Waals surface area contributed by atoms with Gasteiger partial charge in [-0.1, -0.05) is 43.2 Å². The van der Waals surface area contributed by atoms with Crippen LogP contribution >= 0.6 is 0 Å². The van der Waals surface area contributed by atoms with E-state index in [4.69, 9.17) is 0 Å². The third-order valence-electron chi connectivity index (χ3n) is 4.25. The largest absolute Gasteiger partial charge is 0.316 e. The fraction of sp³-hybridized carbons (Fsp3) is 0.625. The Morgan fingerprint density at radius 2 is 1.94 bits per heavy atom. The van der Waals surface area contributed by atoms with Crippen LogP contribution in [-0.2, 0) is 6.42 Å². The molecule has 2 rings (SSSR count). The smallest absolute Gasteiger partial charge is 0.0133 e. The van der Waals surface area contributed by atoms with Crippen molar-refractivity contribution in [1.82, 2.24) is 5.32 Å². The lowest BCUT2D eigenvalue weighted by molar-refractivity contribution is 0.367. The maximum Gasteiger partial charge on any atom is 0.0133 e. The van der Waals surface area contributed by atoms with E-state index in [9.17, 15) is 0 Å². The summed E-state index contributed by atoms with van der Waals surface area (Å²) in [6.07, 6.45) is 5.39. The Kier molecular flexibility index (Phi) is 4.22. The Balaban J connectivity index is 1.97. The molecule has 1 fully saturated rings. The van der Waals surface area contributed by atoms with Gasteiger partial charge in [0, 0.05) is 6.04 Å². The van der Waals surface area contributed by atoms with E-state index in [1.165, 1.54) is 36.8 Å². The first-order chi connectivity index (χ1) is 8.19. The van der Waals surface area contributed by atoms with Gasteiger partial charge in [0.2, 0.25) is 0 Å². The van der Waals surface area contributed by atoms with Crippen molar-refractivity contribution in [2.24, 2.45) is 11.8 Å². The van der Waals surface area contributed by atoms with Crippen LogP contribution in [0.1, 0.15) is 37.3 Å². The lowest BCUT2D eigenvalue weighted by Crippen LogP contribution is -2.34. The van der Waals surface area contributed by atoms with Crippen LogP contribution in [0.2, 0.25) is 0 Å². The maximum absolute atomic E-state index is 3.53. The predicted octanol–water partition coefficient (Wildman–Crippen LogP) is 3.56. The van der Waals surface area contributed by atoms with Crippen LogP contribution < -0.4 is 5.32 Å². The van der Waals surface area contributed by atoms with E-state index in [0.717, 1.165) is 11.8 Å². The SMILES string of the molecule is CNC(Cc1ccc(C)cc1)C1CCC(C)C1. The molecule has 0 heterocycles. The van der Waals surface area contributed by atoms with E-state index in [1.54, 1.807) is 0 Å². The average molecular weight is 231 g/mol. The molecule has 0 aliphatic heterocycles. The third kappa shape index (κ3) is 3.32. The number of hydrogen-bond donors (Lipinski definition) is 1. The molecule has 1 saturated carbocycles. The molecule has 0 spiro atoms. The van der Waals surface area contributed by atoms with Gasteiger partial charge in [0.05, 0.1) is 0 Å². The van der Waals surface area contributed by atoms with Crippen molar-refractivity contribution in [1.29, 1.82) is 0 Å². The first-order valence-corrected chi connectivity index (χ1v) is 6.92. The van der Waals surface area contributed by atoms with E-state index < -0.39 is 0 Å². The van der Waals surface area contributed by atoms with Crippen molar-refractivity contribution in [2.45, 2.75) is 45.6 Å². The van der Waals surface area contributed by atoms with Gasteiger partial charge in [0.25, 0.3) is 0 Å². The highest BCUT2D eigenvalue weighted by atomic mass is 14.9. The molecule has 0 bridgehead atoms. The Bertz CT molecular complexity index is 341. The van der Waals surface area contributed by atoms with E-state index in [-0.39, 0.29) is 0 Å². The molecule has 1 nitrogen and oxygen atoms in total. The molecule has 1 aromatic carbocycles. The molecule has 94 valence electrons. The van der Waals surface area contributed by atoms with Gasteiger partial charge in [-0.3, -0.25) is 0 Å². The second kappa shape index (κ2) is 5.68. The van der Waals surface area contributed by atoms with Gasteiger partial charge in [0.15, 0.2) is 0 Å². The molecule has 1 N–H and O–H groups in total. The van der Waals surface area contributed by atoms with Gasteiger partial charge in [-0.05, 0) is 50.6 Å². The van der Waals surface area contributed by atoms with Crippen molar-refractivity contribution < 1.29 is 0 Å². The highest BCUT2D eigenvalue weighted by molar-refractivity contribution is 5.22. The van der Waals surface area contributed by atoms with Crippen LogP contribution in [0, 0.1) is 18.8 Å². The van der Waals surface area contributed by atoms with Crippen LogP contribution in [0.15, 0.2) is 24.3 Å². The number of hydrogen-bond acceptors (Lipinski definition) is 1. The van der Waals surface area contributed by atoms with E-state index in [2.05, 4.69) is 50.5 Å². The van der Waals surface area contributed by atoms with E-state index in [0.29, 0.717) is 6.04 Å². The first-order valence-electron chi connectivity index (χ1n) is 6.92. The maximum atomic E-state index is 3.53. The predicted molar refractivity (Wildman–Crippen MR) is 74.2 cm³/mol. The minimum absolute atomic E-state index is 0.655. The highest BCUT2D eigenvalue weighted by Gasteiger charge is 2.27. The van der Waals surface area contributed by atoms with Crippen LogP contribution in [0.5, 0.6) is 0 Å². The normalized spacial score (nSPS) is 26.1. The van der Waals surface area contributed by atoms with Crippen LogP contribution in [0.3, 0.4) is 0 Å². The zero-order valence-corrected chi connectivity index (χ0v) is 11.4. The lowest BCUT2D eigenvalue weighted by atomic mass is 9.91. The molecule has 0 aromatic heterocycles. The molecular weight excluding hydrogens is 206 g/mol. The van der Waals surface area contributed by atoms with Crippen molar-refractivity contribution >= 4 is 0 Å². The number of nitrogens with one attached hydrogen (secondary N) is 1. The monoisotopic (exact) mass is 231 g/mol. The Morgan fingerprint density at radius 3 is 2.47 bits per heavy atom. The van der Waals surface area contributed by atoms with Crippen LogP contribution in [-0.4, -0.2) is 13.1 Å². The molecule has 1 aliphatic carbocycles. The fourth-order valence-corrected chi connectivity index (χ4v) is 3.10. The van der Waals surface area contributed by atoms with Gasteiger partial charge in [0.1, 0.15) is 0 Å². The van der Waals surface area contributed by atoms with Crippen molar-refractivity contribution in [3.8, 4) is 0 Å². The highest BCUT2D eigenvalue weighted by Crippen LogP contribution is 2.33. The minimum atomic E-state index is 0.655. The fourth-order valence-electron chi connectivity index (χ4n) is 3.10. The molecule has 1 aromatic rings. The Hall–Kier alpha value is -0.820. The summed E-state index contributed by atoms with van der Waals surface area (Å²) in [5.74, 6) is 1.80. The molecule has 3 atom stereocenters. The second-order valence-electron chi connectivity index (χ2n) is 5.76. The van der Waals surface area contributed by atoms with Gasteiger partial charge in [-0.15, -0.1) is 0 Å². The van der Waals surface area contributed by atoms with Crippen LogP contribution in [0.25, 0.3) is 0 Å². The Morgan fingerprint density at radius 1 is 1.24 bits per heavy atom. The Labute approximate surface area is 106 Å². The standard InChI is InChI=1S/C16H25N/c1-12-4-7-14(8-5-12)11-16(17-3)15-9-6-13(2)10-15/h4-5,7-8,13,15-17H,6,9-11H2,1-3H3. The van der Waals surface area contributed by atoms with Gasteiger partial charge >= 0.3 is 0 Å². The molecule has 1 aliphatic rings. The summed E-state index contributed by atoms with van der Waals surface area (Å²) >= 11 is 0. The quantitative estimate of drug-likeness (QED) is 0.835. The molecule has 0 radical (unpaired) electrons. The average Bonchev–Trinajstić information content (AvgIpc) is 2.75. The number of rotatable bonds is 4. The first kappa shape index (κ1) is 12.6. The molecular formula is C16H25N. The minimum Gasteiger partial charge on any atom is -0.316 e. The van der Waals surface area contributed by atoms with Gasteiger partial charge in [-0.2, -0.15) is 0 Å². The van der Waals surface area contributed by atoms with Crippen molar-refractivity contribution in [2.75, 3.05) is 7.05 Å². The van der Waals surface area contributed by atoms with E-state index in [1.807, 2.05) is 0 Å². The molecule has 1 heteroatoms. The number of aryl methyl sites for hydroxylation is 1. The van der Waals surface area contributed by atoms with Gasteiger partial charge in [-0.25, -0.2) is 0 Å². The summed E-state index contributed by atoms with van der Waals surface area (Å²) in [5.41, 5.74) is 2.82. The van der Waals surface area contributed by atoms with Crippen molar-refractivity contribution in [3.63, 3.8) is 0 Å². The second-order valence-corrected chi connectivity index (χ2v) is 5.76. The zero-order valence-electron chi connectivity index (χ0n) is 11.4. The summed E-state index contributed by atoms with van der Waals surface area (Å²) in [6, 6.07) is 9.65. The number of benzene rings is 1. The van der Waals surface area contributed by atoms with Crippen LogP contribution in [0.4, 0.5) is 0 Å². The topological polar surface area (TPSA) is 12.0 Å². The molecule has 17 heavy (non-hydrogen) atoms. The molecule has 3 unspecified atom stereocenters.